The van der Waals surface area contributed by atoms with E-state index in [4.69, 9.17) is 0 Å². The average molecular weight is 333 g/mol. The van der Waals surface area contributed by atoms with E-state index < -0.39 is 0 Å². The molecule has 0 bridgehead atoms. The molecule has 0 atom stereocenters. The highest BCUT2D eigenvalue weighted by Crippen LogP contribution is 2.29. The van der Waals surface area contributed by atoms with E-state index in [9.17, 15) is 4.79 Å². The zero-order valence-electron chi connectivity index (χ0n) is 14.3. The summed E-state index contributed by atoms with van der Waals surface area (Å²) in [4.78, 5) is 17.7. The van der Waals surface area contributed by atoms with Gasteiger partial charge in [-0.25, -0.2) is 0 Å². The molecule has 25 heavy (non-hydrogen) atoms. The maximum absolute atomic E-state index is 12.4. The summed E-state index contributed by atoms with van der Waals surface area (Å²) in [5, 5.41) is 1.26. The third-order valence-corrected chi connectivity index (χ3v) is 4.97. The number of carbonyl (C=O) groups is 1. The van der Waals surface area contributed by atoms with Crippen molar-refractivity contribution in [3.63, 3.8) is 0 Å². The summed E-state index contributed by atoms with van der Waals surface area (Å²) in [5.41, 5.74) is 3.78. The summed E-state index contributed by atoms with van der Waals surface area (Å²) in [5.74, 6) is 0.265. The maximum Gasteiger partial charge on any atom is 0.222 e. The van der Waals surface area contributed by atoms with Gasteiger partial charge in [0.1, 0.15) is 0 Å². The van der Waals surface area contributed by atoms with Gasteiger partial charge in [0.25, 0.3) is 0 Å². The number of carbonyl (C=O) groups excluding carboxylic acids is 1. The van der Waals surface area contributed by atoms with E-state index in [0.717, 1.165) is 32.5 Å². The van der Waals surface area contributed by atoms with Crippen LogP contribution in [0.2, 0.25) is 0 Å². The summed E-state index contributed by atoms with van der Waals surface area (Å²) < 4.78 is 2.12. The zero-order valence-corrected chi connectivity index (χ0v) is 14.3. The molecule has 0 saturated carbocycles. The molecule has 0 radical (unpaired) electrons. The fraction of sp³-hybridized carbons (Fsp3) is 0.286. The molecule has 1 aromatic carbocycles. The van der Waals surface area contributed by atoms with Crippen molar-refractivity contribution in [1.29, 1.82) is 0 Å². The van der Waals surface area contributed by atoms with E-state index in [-0.39, 0.29) is 5.91 Å². The minimum absolute atomic E-state index is 0.265. The molecule has 1 aliphatic heterocycles. The normalized spacial score (nSPS) is 14.7. The first-order valence-electron chi connectivity index (χ1n) is 8.95. The number of benzene rings is 1. The van der Waals surface area contributed by atoms with E-state index in [2.05, 4.69) is 40.0 Å². The van der Waals surface area contributed by atoms with Crippen LogP contribution in [0.4, 0.5) is 0 Å². The molecule has 0 saturated heterocycles. The number of fused-ring (bicyclic) bond motifs is 1. The van der Waals surface area contributed by atoms with Crippen molar-refractivity contribution in [3.8, 4) is 0 Å². The summed E-state index contributed by atoms with van der Waals surface area (Å²) in [6, 6.07) is 12.4. The van der Waals surface area contributed by atoms with Gasteiger partial charge < -0.3 is 14.5 Å². The van der Waals surface area contributed by atoms with Crippen LogP contribution < -0.4 is 0 Å². The Labute approximate surface area is 147 Å². The van der Waals surface area contributed by atoms with Crippen molar-refractivity contribution in [3.05, 3.63) is 66.6 Å². The first-order chi connectivity index (χ1) is 12.3. The Morgan fingerprint density at radius 3 is 2.76 bits per heavy atom. The quantitative estimate of drug-likeness (QED) is 0.751. The molecule has 3 aromatic rings. The molecule has 4 nitrogen and oxygen atoms in total. The molecular weight excluding hydrogens is 310 g/mol. The maximum atomic E-state index is 12.4. The summed E-state index contributed by atoms with van der Waals surface area (Å²) in [6.07, 6.45) is 10.8. The molecule has 4 rings (SSSR count). The Hall–Kier alpha value is -2.75. The van der Waals surface area contributed by atoms with Crippen LogP contribution in [0.1, 0.15) is 24.8 Å². The second-order valence-electron chi connectivity index (χ2n) is 6.59. The largest absolute Gasteiger partial charge is 0.361 e. The number of aromatic nitrogens is 2. The topological polar surface area (TPSA) is 41.0 Å². The van der Waals surface area contributed by atoms with E-state index in [1.54, 1.807) is 0 Å². The molecule has 4 heteroatoms. The van der Waals surface area contributed by atoms with Crippen LogP contribution in [0.15, 0.2) is 61.1 Å². The van der Waals surface area contributed by atoms with Crippen molar-refractivity contribution in [2.24, 2.45) is 0 Å². The number of hydrogen-bond acceptors (Lipinski definition) is 1. The number of aromatic amines is 1. The predicted molar refractivity (Wildman–Crippen MR) is 101 cm³/mol. The third kappa shape index (κ3) is 3.38. The van der Waals surface area contributed by atoms with Crippen molar-refractivity contribution >= 4 is 22.4 Å². The van der Waals surface area contributed by atoms with Crippen molar-refractivity contribution in [1.82, 2.24) is 14.5 Å². The second-order valence-corrected chi connectivity index (χ2v) is 6.59. The molecule has 0 unspecified atom stereocenters. The molecule has 0 fully saturated rings. The molecular formula is C21H23N3O. The van der Waals surface area contributed by atoms with Gasteiger partial charge >= 0.3 is 0 Å². The number of rotatable bonds is 5. The molecule has 1 amide bonds. The van der Waals surface area contributed by atoms with Gasteiger partial charge in [-0.05, 0) is 36.6 Å². The van der Waals surface area contributed by atoms with Gasteiger partial charge in [-0.15, -0.1) is 0 Å². The van der Waals surface area contributed by atoms with Crippen LogP contribution >= 0.6 is 0 Å². The van der Waals surface area contributed by atoms with Crippen LogP contribution in [-0.4, -0.2) is 33.4 Å². The number of hydrogen-bond donors (Lipinski definition) is 1. The molecule has 128 valence electrons. The monoisotopic (exact) mass is 333 g/mol. The lowest BCUT2D eigenvalue weighted by molar-refractivity contribution is -0.130. The third-order valence-electron chi connectivity index (χ3n) is 4.97. The number of nitrogens with zero attached hydrogens (tertiary/aromatic N) is 2. The average Bonchev–Trinajstić information content (AvgIpc) is 3.31. The molecule has 0 spiro atoms. The fourth-order valence-electron chi connectivity index (χ4n) is 3.57. The van der Waals surface area contributed by atoms with E-state index in [1.807, 2.05) is 35.5 Å². The summed E-state index contributed by atoms with van der Waals surface area (Å²) in [6.45, 7) is 2.44. The first kappa shape index (κ1) is 15.8. The number of amides is 1. The van der Waals surface area contributed by atoms with Crippen LogP contribution in [0.25, 0.3) is 16.5 Å². The smallest absolute Gasteiger partial charge is 0.222 e. The first-order valence-corrected chi connectivity index (χ1v) is 8.95. The summed E-state index contributed by atoms with van der Waals surface area (Å²) >= 11 is 0. The van der Waals surface area contributed by atoms with Gasteiger partial charge in [0.2, 0.25) is 5.91 Å². The highest BCUT2D eigenvalue weighted by Gasteiger charge is 2.19. The lowest BCUT2D eigenvalue weighted by atomic mass is 9.99. The van der Waals surface area contributed by atoms with Crippen LogP contribution in [0, 0.1) is 0 Å². The van der Waals surface area contributed by atoms with E-state index in [0.29, 0.717) is 6.42 Å². The Morgan fingerprint density at radius 1 is 1.12 bits per heavy atom. The van der Waals surface area contributed by atoms with Gasteiger partial charge in [0.15, 0.2) is 0 Å². The Balaban J connectivity index is 1.36. The Kier molecular flexibility index (Phi) is 4.42. The number of nitrogens with one attached hydrogen (secondary N) is 1. The van der Waals surface area contributed by atoms with Crippen molar-refractivity contribution in [2.75, 3.05) is 13.1 Å². The van der Waals surface area contributed by atoms with E-state index >= 15 is 0 Å². The predicted octanol–water partition coefficient (Wildman–Crippen LogP) is 4.07. The fourth-order valence-corrected chi connectivity index (χ4v) is 3.57. The SMILES string of the molecule is O=C(CCCn1cccc1)N1CC=C(c2c[nH]c3ccccc23)CC1. The minimum atomic E-state index is 0.265. The van der Waals surface area contributed by atoms with Crippen LogP contribution in [0.3, 0.4) is 0 Å². The van der Waals surface area contributed by atoms with Crippen LogP contribution in [0.5, 0.6) is 0 Å². The molecule has 1 N–H and O–H groups in total. The number of H-pyrrole nitrogens is 1. The zero-order chi connectivity index (χ0) is 17.1. The van der Waals surface area contributed by atoms with E-state index in [1.165, 1.54) is 22.0 Å². The Morgan fingerprint density at radius 2 is 1.96 bits per heavy atom. The second kappa shape index (κ2) is 7.01. The molecule has 3 heterocycles. The van der Waals surface area contributed by atoms with Gasteiger partial charge in [-0.2, -0.15) is 0 Å². The lowest BCUT2D eigenvalue weighted by Crippen LogP contribution is -2.34. The minimum Gasteiger partial charge on any atom is -0.361 e. The van der Waals surface area contributed by atoms with Crippen LogP contribution in [-0.2, 0) is 11.3 Å². The summed E-state index contributed by atoms with van der Waals surface area (Å²) in [7, 11) is 0. The van der Waals surface area contributed by atoms with Gasteiger partial charge in [0, 0.05) is 61.1 Å². The molecule has 2 aromatic heterocycles. The molecule has 1 aliphatic rings. The van der Waals surface area contributed by atoms with Crippen molar-refractivity contribution < 1.29 is 4.79 Å². The van der Waals surface area contributed by atoms with Gasteiger partial charge in [0.05, 0.1) is 0 Å². The highest BCUT2D eigenvalue weighted by atomic mass is 16.2. The highest BCUT2D eigenvalue weighted by molar-refractivity contribution is 5.93. The van der Waals surface area contributed by atoms with Gasteiger partial charge in [-0.1, -0.05) is 24.3 Å². The number of para-hydroxylation sites is 1. The van der Waals surface area contributed by atoms with Crippen molar-refractivity contribution in [2.45, 2.75) is 25.8 Å². The lowest BCUT2D eigenvalue weighted by Gasteiger charge is -2.26. The number of aryl methyl sites for hydroxylation is 1. The Bertz CT molecular complexity index is 889. The molecule has 0 aliphatic carbocycles. The van der Waals surface area contributed by atoms with Gasteiger partial charge in [-0.3, -0.25) is 4.79 Å². The standard InChI is InChI=1S/C21H23N3O/c25-21(8-5-13-23-11-3-4-12-23)24-14-9-17(10-15-24)19-16-22-20-7-2-1-6-18(19)20/h1-4,6-7,9,11-12,16,22H,5,8,10,13-15H2.